The van der Waals surface area contributed by atoms with Crippen molar-refractivity contribution in [2.45, 2.75) is 18.9 Å². The number of amides is 2. The molecule has 0 spiro atoms. The lowest BCUT2D eigenvalue weighted by molar-refractivity contribution is -0.135. The van der Waals surface area contributed by atoms with E-state index in [1.807, 2.05) is 0 Å². The van der Waals surface area contributed by atoms with Crippen molar-refractivity contribution in [3.63, 3.8) is 0 Å². The number of hydrogen-bond donors (Lipinski definition) is 4. The van der Waals surface area contributed by atoms with Crippen LogP contribution >= 0.6 is 0 Å². The summed E-state index contributed by atoms with van der Waals surface area (Å²) in [5.74, 6) is -1.10. The standard InChI is InChI=1S/C21H20FN7O3/c22-13-1-2-15-16(10-24-17(15)7-13)19-12(8-23)9-25-20(28-19)27-14-3-5-29(6-4-14)21(32)26-11-18(30)31/h1-2,7,9-10,14,24H,3-6,11H2,(H,26,32)(H,30,31)(H,25,27,28). The molecule has 1 saturated heterocycles. The number of piperidine rings is 1. The molecule has 2 aromatic heterocycles. The van der Waals surface area contributed by atoms with Crippen molar-refractivity contribution in [1.29, 1.82) is 5.26 Å². The zero-order valence-corrected chi connectivity index (χ0v) is 16.9. The van der Waals surface area contributed by atoms with E-state index in [0.29, 0.717) is 54.2 Å². The number of nitrogens with one attached hydrogen (secondary N) is 3. The van der Waals surface area contributed by atoms with E-state index in [9.17, 15) is 19.2 Å². The second-order valence-corrected chi connectivity index (χ2v) is 7.42. The Balaban J connectivity index is 1.47. The first-order valence-electron chi connectivity index (χ1n) is 10.00. The number of likely N-dealkylation sites (tertiary alicyclic amines) is 1. The van der Waals surface area contributed by atoms with Crippen LogP contribution in [0.15, 0.2) is 30.6 Å². The predicted octanol–water partition coefficient (Wildman–Crippen LogP) is 2.31. The molecule has 0 saturated carbocycles. The van der Waals surface area contributed by atoms with Crippen molar-refractivity contribution >= 4 is 28.9 Å². The second kappa shape index (κ2) is 8.89. The number of halogens is 1. The van der Waals surface area contributed by atoms with E-state index in [2.05, 4.69) is 31.7 Å². The molecule has 164 valence electrons. The number of carboxylic acid groups (broad SMARTS) is 1. The minimum atomic E-state index is -1.09. The van der Waals surface area contributed by atoms with Gasteiger partial charge < -0.3 is 25.6 Å². The van der Waals surface area contributed by atoms with Crippen molar-refractivity contribution in [3.05, 3.63) is 42.0 Å². The summed E-state index contributed by atoms with van der Waals surface area (Å²) in [6.45, 7) is 0.500. The summed E-state index contributed by atoms with van der Waals surface area (Å²) in [5, 5.41) is 24.5. The molecule has 0 aliphatic carbocycles. The highest BCUT2D eigenvalue weighted by Gasteiger charge is 2.24. The average molecular weight is 437 g/mol. The van der Waals surface area contributed by atoms with Gasteiger partial charge in [0.2, 0.25) is 5.95 Å². The number of nitriles is 1. The Morgan fingerprint density at radius 1 is 1.34 bits per heavy atom. The molecule has 1 aromatic carbocycles. The van der Waals surface area contributed by atoms with Gasteiger partial charge in [0.1, 0.15) is 18.4 Å². The number of hydrogen-bond acceptors (Lipinski definition) is 6. The number of aromatic nitrogens is 3. The highest BCUT2D eigenvalue weighted by molar-refractivity contribution is 5.95. The first-order valence-corrected chi connectivity index (χ1v) is 10.00. The molecule has 0 bridgehead atoms. The van der Waals surface area contributed by atoms with Gasteiger partial charge in [-0.25, -0.2) is 19.2 Å². The van der Waals surface area contributed by atoms with Gasteiger partial charge in [0.05, 0.1) is 17.5 Å². The van der Waals surface area contributed by atoms with Crippen LogP contribution in [0, 0.1) is 17.1 Å². The van der Waals surface area contributed by atoms with Crippen LogP contribution in [-0.2, 0) is 4.79 Å². The van der Waals surface area contributed by atoms with Crippen LogP contribution in [0.5, 0.6) is 0 Å². The van der Waals surface area contributed by atoms with Crippen LogP contribution in [0.3, 0.4) is 0 Å². The third kappa shape index (κ3) is 4.44. The largest absolute Gasteiger partial charge is 0.480 e. The van der Waals surface area contributed by atoms with E-state index in [1.165, 1.54) is 18.3 Å². The van der Waals surface area contributed by atoms with Crippen molar-refractivity contribution in [1.82, 2.24) is 25.2 Å². The van der Waals surface area contributed by atoms with Crippen LogP contribution in [-0.4, -0.2) is 62.6 Å². The maximum absolute atomic E-state index is 13.5. The van der Waals surface area contributed by atoms with Gasteiger partial charge in [0.25, 0.3) is 0 Å². The summed E-state index contributed by atoms with van der Waals surface area (Å²) in [6, 6.07) is 6.07. The SMILES string of the molecule is N#Cc1cnc(NC2CCN(C(=O)NCC(=O)O)CC2)nc1-c1c[nH]c2cc(F)ccc12. The zero-order chi connectivity index (χ0) is 22.7. The van der Waals surface area contributed by atoms with Crippen molar-refractivity contribution in [2.75, 3.05) is 25.0 Å². The Bertz CT molecular complexity index is 1210. The number of H-pyrrole nitrogens is 1. The van der Waals surface area contributed by atoms with Crippen LogP contribution in [0.1, 0.15) is 18.4 Å². The Morgan fingerprint density at radius 2 is 2.12 bits per heavy atom. The lowest BCUT2D eigenvalue weighted by Gasteiger charge is -2.32. The minimum Gasteiger partial charge on any atom is -0.480 e. The fourth-order valence-corrected chi connectivity index (χ4v) is 3.71. The summed E-state index contributed by atoms with van der Waals surface area (Å²) in [5.41, 5.74) is 2.01. The Kier molecular flexibility index (Phi) is 5.85. The first-order chi connectivity index (χ1) is 15.4. The van der Waals surface area contributed by atoms with E-state index < -0.39 is 18.5 Å². The minimum absolute atomic E-state index is 0.0105. The molecular formula is C21H20FN7O3. The predicted molar refractivity (Wildman–Crippen MR) is 113 cm³/mol. The molecule has 3 aromatic rings. The van der Waals surface area contributed by atoms with Crippen molar-refractivity contribution in [3.8, 4) is 17.3 Å². The Morgan fingerprint density at radius 3 is 2.84 bits per heavy atom. The fraction of sp³-hybridized carbons (Fsp3) is 0.286. The molecular weight excluding hydrogens is 417 g/mol. The number of nitrogens with zero attached hydrogens (tertiary/aromatic N) is 4. The number of carbonyl (C=O) groups excluding carboxylic acids is 1. The number of rotatable bonds is 5. The Hall–Kier alpha value is -4.20. The maximum Gasteiger partial charge on any atom is 0.323 e. The van der Waals surface area contributed by atoms with Gasteiger partial charge in [-0.2, -0.15) is 5.26 Å². The number of benzene rings is 1. The monoisotopic (exact) mass is 437 g/mol. The molecule has 11 heteroatoms. The lowest BCUT2D eigenvalue weighted by Crippen LogP contribution is -2.48. The third-order valence-electron chi connectivity index (χ3n) is 5.31. The second-order valence-electron chi connectivity index (χ2n) is 7.42. The van der Waals surface area contributed by atoms with Gasteiger partial charge in [-0.1, -0.05) is 0 Å². The van der Waals surface area contributed by atoms with Crippen molar-refractivity contribution < 1.29 is 19.1 Å². The molecule has 0 unspecified atom stereocenters. The number of urea groups is 1. The summed E-state index contributed by atoms with van der Waals surface area (Å²) < 4.78 is 13.5. The molecule has 0 radical (unpaired) electrons. The van der Waals surface area contributed by atoms with Gasteiger partial charge in [-0.05, 0) is 31.0 Å². The molecule has 3 heterocycles. The van der Waals surface area contributed by atoms with Crippen LogP contribution in [0.25, 0.3) is 22.2 Å². The molecule has 4 rings (SSSR count). The summed E-state index contributed by atoms with van der Waals surface area (Å²) >= 11 is 0. The average Bonchev–Trinajstić information content (AvgIpc) is 3.20. The van der Waals surface area contributed by atoms with E-state index in [0.717, 1.165) is 5.39 Å². The Labute approximate surface area is 182 Å². The summed E-state index contributed by atoms with van der Waals surface area (Å²) in [6.07, 6.45) is 4.39. The molecule has 1 aliphatic rings. The fourth-order valence-electron chi connectivity index (χ4n) is 3.71. The summed E-state index contributed by atoms with van der Waals surface area (Å²) in [7, 11) is 0. The number of fused-ring (bicyclic) bond motifs is 1. The van der Waals surface area contributed by atoms with Crippen LogP contribution in [0.2, 0.25) is 0 Å². The number of carbonyl (C=O) groups is 2. The van der Waals surface area contributed by atoms with Gasteiger partial charge in [0.15, 0.2) is 0 Å². The number of carboxylic acids is 1. The van der Waals surface area contributed by atoms with E-state index in [-0.39, 0.29) is 11.9 Å². The van der Waals surface area contributed by atoms with Crippen LogP contribution in [0.4, 0.5) is 15.1 Å². The highest BCUT2D eigenvalue weighted by atomic mass is 19.1. The van der Waals surface area contributed by atoms with Crippen LogP contribution < -0.4 is 10.6 Å². The molecule has 1 aliphatic heterocycles. The number of aliphatic carboxylic acids is 1. The molecule has 0 atom stereocenters. The number of anilines is 1. The van der Waals surface area contributed by atoms with Crippen molar-refractivity contribution in [2.24, 2.45) is 0 Å². The molecule has 32 heavy (non-hydrogen) atoms. The maximum atomic E-state index is 13.5. The molecule has 4 N–H and O–H groups in total. The third-order valence-corrected chi connectivity index (χ3v) is 5.31. The smallest absolute Gasteiger partial charge is 0.323 e. The van der Waals surface area contributed by atoms with Gasteiger partial charge in [0, 0.05) is 41.8 Å². The van der Waals surface area contributed by atoms with Gasteiger partial charge >= 0.3 is 12.0 Å². The number of aromatic amines is 1. The zero-order valence-electron chi connectivity index (χ0n) is 16.9. The molecule has 2 amide bonds. The van der Waals surface area contributed by atoms with E-state index >= 15 is 0 Å². The summed E-state index contributed by atoms with van der Waals surface area (Å²) in [4.78, 5) is 35.9. The quantitative estimate of drug-likeness (QED) is 0.479. The van der Waals surface area contributed by atoms with E-state index in [1.54, 1.807) is 17.2 Å². The topological polar surface area (TPSA) is 147 Å². The first kappa shape index (κ1) is 21.0. The highest BCUT2D eigenvalue weighted by Crippen LogP contribution is 2.30. The molecule has 10 nitrogen and oxygen atoms in total. The van der Waals surface area contributed by atoms with E-state index in [4.69, 9.17) is 5.11 Å². The van der Waals surface area contributed by atoms with Gasteiger partial charge in [-0.15, -0.1) is 0 Å². The molecule has 1 fully saturated rings. The normalized spacial score (nSPS) is 14.2. The lowest BCUT2D eigenvalue weighted by atomic mass is 10.1. The van der Waals surface area contributed by atoms with Gasteiger partial charge in [-0.3, -0.25) is 4.79 Å².